The van der Waals surface area contributed by atoms with Crippen LogP contribution in [0, 0.1) is 0 Å². The third-order valence-electron chi connectivity index (χ3n) is 15.0. The lowest BCUT2D eigenvalue weighted by Crippen LogP contribution is -2.61. The number of aliphatic hydroxyl groups is 2. The van der Waals surface area contributed by atoms with Crippen molar-refractivity contribution in [2.45, 2.75) is 327 Å². The molecule has 0 aromatic rings. The quantitative estimate of drug-likeness (QED) is 0.0228. The molecule has 12 nitrogen and oxygen atoms in total. The molecule has 476 valence electrons. The minimum atomic E-state index is -1.94. The van der Waals surface area contributed by atoms with Gasteiger partial charge in [0, 0.05) is 12.8 Å². The Kier molecular flexibility index (Phi) is 54.0. The molecule has 0 aromatic carbocycles. The number of allylic oxidation sites excluding steroid dienone is 13. The smallest absolute Gasteiger partial charge is 0.335 e. The van der Waals surface area contributed by atoms with Gasteiger partial charge in [-0.15, -0.1) is 0 Å². The molecule has 83 heavy (non-hydrogen) atoms. The minimum Gasteiger partial charge on any atom is -0.479 e. The first-order valence-corrected chi connectivity index (χ1v) is 33.6. The predicted molar refractivity (Wildman–Crippen MR) is 340 cm³/mol. The SMILES string of the molecule is CC/C=C\C/C=C\C/C=C\C/C=C\C/C=C\CC(=O)OC1C(OCC(COC(=O)CCCCCCCCCCC/C=C\C/C=C\CCCCC)OC(=O)CCCCCCCCCCCCCCCCCCCCC)OC(C(=O)O)C(O)C1O. The number of carbonyl (C=O) groups is 4. The highest BCUT2D eigenvalue weighted by molar-refractivity contribution is 5.74. The Morgan fingerprint density at radius 3 is 1.24 bits per heavy atom. The molecule has 1 saturated heterocycles. The van der Waals surface area contributed by atoms with E-state index in [1.54, 1.807) is 12.2 Å². The fraction of sp³-hybridized carbons (Fsp3) is 0.746. The van der Waals surface area contributed by atoms with Gasteiger partial charge < -0.3 is 39.0 Å². The molecule has 0 amide bonds. The van der Waals surface area contributed by atoms with E-state index in [2.05, 4.69) is 81.5 Å². The molecule has 1 fully saturated rings. The van der Waals surface area contributed by atoms with Crippen LogP contribution < -0.4 is 0 Å². The van der Waals surface area contributed by atoms with Gasteiger partial charge in [-0.3, -0.25) is 14.4 Å². The number of aliphatic hydroxyl groups excluding tert-OH is 2. The Bertz CT molecular complexity index is 1760. The van der Waals surface area contributed by atoms with Crippen LogP contribution in [0.4, 0.5) is 0 Å². The van der Waals surface area contributed by atoms with Gasteiger partial charge in [0.05, 0.1) is 13.0 Å². The van der Waals surface area contributed by atoms with Crippen LogP contribution in [0.2, 0.25) is 0 Å². The van der Waals surface area contributed by atoms with E-state index in [0.717, 1.165) is 77.0 Å². The summed E-state index contributed by atoms with van der Waals surface area (Å²) in [7, 11) is 0. The van der Waals surface area contributed by atoms with Gasteiger partial charge in [0.25, 0.3) is 0 Å². The highest BCUT2D eigenvalue weighted by Crippen LogP contribution is 2.26. The second kappa shape index (κ2) is 58.3. The minimum absolute atomic E-state index is 0.153. The highest BCUT2D eigenvalue weighted by Gasteiger charge is 2.50. The monoisotopic (exact) mass is 1160 g/mol. The van der Waals surface area contributed by atoms with Crippen molar-refractivity contribution in [1.29, 1.82) is 0 Å². The molecule has 6 atom stereocenters. The zero-order valence-corrected chi connectivity index (χ0v) is 52.7. The second-order valence-corrected chi connectivity index (χ2v) is 22.7. The Balaban J connectivity index is 2.68. The molecule has 0 aliphatic carbocycles. The Hall–Kier alpha value is -4.10. The average Bonchev–Trinajstić information content (AvgIpc) is 3.57. The zero-order chi connectivity index (χ0) is 60.3. The lowest BCUT2D eigenvalue weighted by Gasteiger charge is -2.40. The first kappa shape index (κ1) is 76.9. The van der Waals surface area contributed by atoms with Crippen molar-refractivity contribution in [3.63, 3.8) is 0 Å². The van der Waals surface area contributed by atoms with E-state index < -0.39 is 67.3 Å². The predicted octanol–water partition coefficient (Wildman–Crippen LogP) is 18.2. The first-order valence-electron chi connectivity index (χ1n) is 33.6. The molecule has 1 aliphatic rings. The Labute approximate surface area is 505 Å². The highest BCUT2D eigenvalue weighted by atomic mass is 16.7. The number of hydrogen-bond acceptors (Lipinski definition) is 11. The van der Waals surface area contributed by atoms with Crippen molar-refractivity contribution in [3.8, 4) is 0 Å². The summed E-state index contributed by atoms with van der Waals surface area (Å²) >= 11 is 0. The standard InChI is InChI=1S/C71H120O12/c1-4-7-10-13-16-19-22-25-28-30-32-34-37-39-42-45-48-51-54-57-63(72)79-60-62(81-64(73)58-55-52-49-46-43-41-38-35-33-31-29-26-23-20-17-14-11-8-5-2)61-80-71-69(67(76)66(75)68(83-71)70(77)78)82-65(74)59-56-53-50-47-44-40-36-27-24-21-18-15-12-9-6-3/h9,12,16,18-19,21,25,27-28,36,44,47,53,56,62,66-69,71,75-76H,4-8,10-11,13-15,17,20,22-24,26,29-35,37-43,45-46,48-52,54-55,57-61H2,1-3H3,(H,77,78)/b12-9-,19-16-,21-18-,28-25-,36-27-,47-44-,56-53-. The fourth-order valence-electron chi connectivity index (χ4n) is 9.89. The topological polar surface area (TPSA) is 175 Å². The van der Waals surface area contributed by atoms with Crippen molar-refractivity contribution in [1.82, 2.24) is 0 Å². The number of aliphatic carboxylic acids is 1. The molecule has 0 saturated carbocycles. The van der Waals surface area contributed by atoms with E-state index in [9.17, 15) is 34.5 Å². The van der Waals surface area contributed by atoms with Gasteiger partial charge in [0.1, 0.15) is 18.8 Å². The summed E-state index contributed by atoms with van der Waals surface area (Å²) in [6.45, 7) is 5.85. The van der Waals surface area contributed by atoms with Crippen LogP contribution in [0.15, 0.2) is 85.1 Å². The van der Waals surface area contributed by atoms with Crippen LogP contribution in [0.5, 0.6) is 0 Å². The van der Waals surface area contributed by atoms with Crippen molar-refractivity contribution in [3.05, 3.63) is 85.1 Å². The molecule has 0 radical (unpaired) electrons. The largest absolute Gasteiger partial charge is 0.479 e. The molecule has 0 aromatic heterocycles. The van der Waals surface area contributed by atoms with Crippen molar-refractivity contribution in [2.75, 3.05) is 13.2 Å². The number of carboxylic acid groups (broad SMARTS) is 1. The van der Waals surface area contributed by atoms with Crippen LogP contribution in [0.1, 0.15) is 290 Å². The number of carboxylic acids is 1. The Morgan fingerprint density at radius 2 is 0.795 bits per heavy atom. The van der Waals surface area contributed by atoms with Gasteiger partial charge in [-0.1, -0.05) is 279 Å². The summed E-state index contributed by atoms with van der Waals surface area (Å²) in [5.41, 5.74) is 0. The molecule has 1 rings (SSSR count). The van der Waals surface area contributed by atoms with Crippen LogP contribution in [-0.2, 0) is 42.9 Å². The molecule has 12 heteroatoms. The molecule has 1 heterocycles. The summed E-state index contributed by atoms with van der Waals surface area (Å²) in [4.78, 5) is 51.3. The van der Waals surface area contributed by atoms with Gasteiger partial charge in [0.15, 0.2) is 24.6 Å². The fourth-order valence-corrected chi connectivity index (χ4v) is 9.89. The third-order valence-corrected chi connectivity index (χ3v) is 15.0. The first-order chi connectivity index (χ1) is 40.6. The summed E-state index contributed by atoms with van der Waals surface area (Å²) in [5.74, 6) is -3.27. The second-order valence-electron chi connectivity index (χ2n) is 22.7. The summed E-state index contributed by atoms with van der Waals surface area (Å²) in [6, 6.07) is 0. The van der Waals surface area contributed by atoms with Crippen molar-refractivity contribution >= 4 is 23.9 Å². The number of unbranched alkanes of at least 4 members (excludes halogenated alkanes) is 30. The normalized spacial score (nSPS) is 18.1. The maximum Gasteiger partial charge on any atom is 0.335 e. The van der Waals surface area contributed by atoms with Crippen molar-refractivity contribution < 1.29 is 58.2 Å². The summed E-state index contributed by atoms with van der Waals surface area (Å²) in [6.07, 6.45) is 64.3. The molecule has 1 aliphatic heterocycles. The number of hydrogen-bond donors (Lipinski definition) is 3. The van der Waals surface area contributed by atoms with Crippen LogP contribution in [0.3, 0.4) is 0 Å². The molecule has 0 bridgehead atoms. The maximum atomic E-state index is 13.2. The van der Waals surface area contributed by atoms with E-state index in [0.29, 0.717) is 19.3 Å². The number of ether oxygens (including phenoxy) is 5. The third kappa shape index (κ3) is 47.8. The molecule has 3 N–H and O–H groups in total. The summed E-state index contributed by atoms with van der Waals surface area (Å²) in [5, 5.41) is 31.6. The van der Waals surface area contributed by atoms with E-state index >= 15 is 0 Å². The van der Waals surface area contributed by atoms with Gasteiger partial charge in [-0.05, 0) is 77.0 Å². The lowest BCUT2D eigenvalue weighted by molar-refractivity contribution is -0.301. The molecular formula is C71H120O12. The van der Waals surface area contributed by atoms with Gasteiger partial charge in [-0.2, -0.15) is 0 Å². The molecule has 0 spiro atoms. The van der Waals surface area contributed by atoms with E-state index in [1.807, 2.05) is 12.2 Å². The van der Waals surface area contributed by atoms with E-state index in [4.69, 9.17) is 23.7 Å². The Morgan fingerprint density at radius 1 is 0.422 bits per heavy atom. The number of rotatable bonds is 57. The van der Waals surface area contributed by atoms with Crippen molar-refractivity contribution in [2.24, 2.45) is 0 Å². The van der Waals surface area contributed by atoms with Gasteiger partial charge in [0.2, 0.25) is 0 Å². The maximum absolute atomic E-state index is 13.2. The van der Waals surface area contributed by atoms with Crippen LogP contribution in [0.25, 0.3) is 0 Å². The van der Waals surface area contributed by atoms with E-state index in [1.165, 1.54) is 154 Å². The summed E-state index contributed by atoms with van der Waals surface area (Å²) < 4.78 is 28.4. The molecular weight excluding hydrogens is 1040 g/mol. The lowest BCUT2D eigenvalue weighted by atomic mass is 9.98. The van der Waals surface area contributed by atoms with E-state index in [-0.39, 0.29) is 25.9 Å². The van der Waals surface area contributed by atoms with Gasteiger partial charge in [-0.25, -0.2) is 4.79 Å². The van der Waals surface area contributed by atoms with Gasteiger partial charge >= 0.3 is 23.9 Å². The average molecular weight is 1170 g/mol. The van der Waals surface area contributed by atoms with Crippen LogP contribution >= 0.6 is 0 Å². The number of carbonyl (C=O) groups excluding carboxylic acids is 3. The molecule has 6 unspecified atom stereocenters. The number of esters is 3. The van der Waals surface area contributed by atoms with Crippen LogP contribution in [-0.4, -0.2) is 89.2 Å². The zero-order valence-electron chi connectivity index (χ0n) is 52.7.